The van der Waals surface area contributed by atoms with Gasteiger partial charge in [0.2, 0.25) is 5.91 Å². The van der Waals surface area contributed by atoms with Gasteiger partial charge >= 0.3 is 17.9 Å². The number of aliphatic imine (C=N–C) groups is 1. The average molecular weight is 627 g/mol. The Morgan fingerprint density at radius 2 is 1.56 bits per heavy atom. The van der Waals surface area contributed by atoms with Gasteiger partial charge in [-0.05, 0) is 71.7 Å². The number of primary amides is 1. The van der Waals surface area contributed by atoms with Crippen LogP contribution in [0.3, 0.4) is 0 Å². The number of amides is 1. The van der Waals surface area contributed by atoms with Gasteiger partial charge < -0.3 is 40.9 Å². The van der Waals surface area contributed by atoms with E-state index in [0.717, 1.165) is 0 Å². The Bertz CT molecular complexity index is 1450. The number of carbonyl (C=O) groups excluding carboxylic acids is 4. The van der Waals surface area contributed by atoms with Crippen molar-refractivity contribution in [1.82, 2.24) is 0 Å². The van der Waals surface area contributed by atoms with Gasteiger partial charge in [0.1, 0.15) is 22.5 Å². The highest BCUT2D eigenvalue weighted by Crippen LogP contribution is 2.37. The molecule has 45 heavy (non-hydrogen) atoms. The fourth-order valence-electron chi connectivity index (χ4n) is 4.56. The Kier molecular flexibility index (Phi) is 11.0. The molecule has 244 valence electrons. The molecular formula is C32H42N4O9. The first-order chi connectivity index (χ1) is 20.9. The number of benzene rings is 2. The molecule has 0 saturated heterocycles. The fourth-order valence-corrected chi connectivity index (χ4v) is 4.56. The zero-order chi connectivity index (χ0) is 33.5. The first-order valence-electron chi connectivity index (χ1n) is 14.5. The third kappa shape index (κ3) is 10.4. The minimum Gasteiger partial charge on any atom is -0.492 e. The van der Waals surface area contributed by atoms with Crippen LogP contribution in [-0.4, -0.2) is 54.2 Å². The van der Waals surface area contributed by atoms with Crippen molar-refractivity contribution in [1.29, 1.82) is 0 Å². The number of hydrogen-bond donors (Lipinski definition) is 3. The molecule has 13 heteroatoms. The topological polar surface area (TPSA) is 205 Å². The number of rotatable bonds is 8. The van der Waals surface area contributed by atoms with Gasteiger partial charge in [-0.3, -0.25) is 14.4 Å². The van der Waals surface area contributed by atoms with E-state index in [9.17, 15) is 19.2 Å². The van der Waals surface area contributed by atoms with Gasteiger partial charge in [-0.25, -0.2) is 9.79 Å². The summed E-state index contributed by atoms with van der Waals surface area (Å²) in [4.78, 5) is 56.4. The van der Waals surface area contributed by atoms with E-state index in [-0.39, 0.29) is 48.4 Å². The molecule has 2 aromatic rings. The van der Waals surface area contributed by atoms with Gasteiger partial charge in [-0.1, -0.05) is 12.1 Å². The van der Waals surface area contributed by atoms with Crippen molar-refractivity contribution < 1.29 is 42.9 Å². The van der Waals surface area contributed by atoms with E-state index in [1.807, 2.05) is 0 Å². The molecule has 0 fully saturated rings. The van der Waals surface area contributed by atoms with Crippen molar-refractivity contribution in [3.8, 4) is 17.2 Å². The molecule has 1 aliphatic rings. The van der Waals surface area contributed by atoms with E-state index in [0.29, 0.717) is 17.7 Å². The molecule has 0 radical (unpaired) electrons. The van der Waals surface area contributed by atoms with Crippen LogP contribution in [0.25, 0.3) is 0 Å². The number of fused-ring (bicyclic) bond motifs is 2. The van der Waals surface area contributed by atoms with Crippen LogP contribution < -0.4 is 31.4 Å². The molecule has 3 rings (SSSR count). The van der Waals surface area contributed by atoms with Crippen LogP contribution in [0.5, 0.6) is 17.2 Å². The normalized spacial score (nSPS) is 14.8. The molecule has 6 N–H and O–H groups in total. The molecule has 1 heterocycles. The van der Waals surface area contributed by atoms with Crippen LogP contribution in [0.15, 0.2) is 41.4 Å². The van der Waals surface area contributed by atoms with Crippen LogP contribution in [0.4, 0.5) is 5.69 Å². The van der Waals surface area contributed by atoms with Crippen molar-refractivity contribution in [3.63, 3.8) is 0 Å². The first-order valence-corrected chi connectivity index (χ1v) is 14.5. The number of para-hydroxylation sites is 1. The van der Waals surface area contributed by atoms with Crippen molar-refractivity contribution in [2.45, 2.75) is 72.0 Å². The minimum absolute atomic E-state index is 0.0721. The second-order valence-electron chi connectivity index (χ2n) is 12.5. The molecule has 0 aliphatic carbocycles. The van der Waals surface area contributed by atoms with Gasteiger partial charge in [-0.2, -0.15) is 0 Å². The molecule has 0 bridgehead atoms. The lowest BCUT2D eigenvalue weighted by molar-refractivity contribution is -0.170. The van der Waals surface area contributed by atoms with E-state index in [1.165, 1.54) is 24.3 Å². The van der Waals surface area contributed by atoms with E-state index >= 15 is 0 Å². The lowest BCUT2D eigenvalue weighted by atomic mass is 9.83. The van der Waals surface area contributed by atoms with Crippen molar-refractivity contribution in [2.75, 3.05) is 13.2 Å². The van der Waals surface area contributed by atoms with Gasteiger partial charge in [-0.15, -0.1) is 0 Å². The molecule has 0 spiro atoms. The summed E-state index contributed by atoms with van der Waals surface area (Å²) in [5.74, 6) is -5.19. The van der Waals surface area contributed by atoms with Crippen LogP contribution >= 0.6 is 0 Å². The number of nitrogens with two attached hydrogens (primary N) is 3. The number of esters is 3. The second kappa shape index (κ2) is 14.3. The molecule has 1 aliphatic heterocycles. The Hall–Kier alpha value is -4.81. The van der Waals surface area contributed by atoms with Crippen molar-refractivity contribution in [2.24, 2.45) is 34.0 Å². The van der Waals surface area contributed by atoms with E-state index in [1.54, 1.807) is 53.7 Å². The quantitative estimate of drug-likeness (QED) is 0.168. The third-order valence-electron chi connectivity index (χ3n) is 6.31. The number of guanidine groups is 1. The lowest BCUT2D eigenvalue weighted by Crippen LogP contribution is -2.41. The number of carbonyl (C=O) groups is 4. The molecule has 2 aromatic carbocycles. The molecule has 1 amide bonds. The summed E-state index contributed by atoms with van der Waals surface area (Å²) in [6.07, 6.45) is -0.162. The summed E-state index contributed by atoms with van der Waals surface area (Å²) in [5.41, 5.74) is 16.0. The molecular weight excluding hydrogens is 584 g/mol. The summed E-state index contributed by atoms with van der Waals surface area (Å²) >= 11 is 0. The minimum atomic E-state index is -1.27. The maximum atomic E-state index is 13.4. The molecule has 2 atom stereocenters. The van der Waals surface area contributed by atoms with Crippen LogP contribution in [0, 0.1) is 11.8 Å². The monoisotopic (exact) mass is 626 g/mol. The Labute approximate surface area is 262 Å². The highest BCUT2D eigenvalue weighted by atomic mass is 16.6. The second-order valence-corrected chi connectivity index (χ2v) is 12.5. The van der Waals surface area contributed by atoms with Gasteiger partial charge in [0.15, 0.2) is 17.5 Å². The summed E-state index contributed by atoms with van der Waals surface area (Å²) in [5, 5.41) is 0. The Morgan fingerprint density at radius 1 is 0.889 bits per heavy atom. The highest BCUT2D eigenvalue weighted by molar-refractivity contribution is 5.95. The van der Waals surface area contributed by atoms with Crippen molar-refractivity contribution >= 4 is 35.5 Å². The van der Waals surface area contributed by atoms with Crippen LogP contribution in [-0.2, 0) is 30.3 Å². The van der Waals surface area contributed by atoms with Crippen molar-refractivity contribution in [3.05, 3.63) is 47.5 Å². The number of hydrogen-bond acceptors (Lipinski definition) is 10. The first kappa shape index (κ1) is 34.7. The summed E-state index contributed by atoms with van der Waals surface area (Å²) in [7, 11) is 0. The Morgan fingerprint density at radius 3 is 2.18 bits per heavy atom. The summed E-state index contributed by atoms with van der Waals surface area (Å²) < 4.78 is 28.6. The summed E-state index contributed by atoms with van der Waals surface area (Å²) in [6.45, 7) is 10.4. The third-order valence-corrected chi connectivity index (χ3v) is 6.31. The smallest absolute Gasteiger partial charge is 0.347 e. The van der Waals surface area contributed by atoms with E-state index < -0.39 is 53.3 Å². The predicted molar refractivity (Wildman–Crippen MR) is 165 cm³/mol. The van der Waals surface area contributed by atoms with E-state index in [4.69, 9.17) is 40.9 Å². The SMILES string of the molecule is CC(C)(C)OC(=O)CC(C(=O)OC(C)(C)C)C(Cc1cccc2c1OCCCOc1cc(N=C(N)N)ccc1C(=O)O2)C(N)=O. The number of ether oxygens (including phenoxy) is 5. The zero-order valence-electron chi connectivity index (χ0n) is 26.5. The van der Waals surface area contributed by atoms with Crippen LogP contribution in [0.1, 0.15) is 70.3 Å². The predicted octanol–water partition coefficient (Wildman–Crippen LogP) is 3.31. The highest BCUT2D eigenvalue weighted by Gasteiger charge is 2.39. The van der Waals surface area contributed by atoms with Gasteiger partial charge in [0.25, 0.3) is 0 Å². The Balaban J connectivity index is 2.00. The molecule has 13 nitrogen and oxygen atoms in total. The largest absolute Gasteiger partial charge is 0.492 e. The van der Waals surface area contributed by atoms with Crippen LogP contribution in [0.2, 0.25) is 0 Å². The number of nitrogens with zero attached hydrogens (tertiary/aromatic N) is 1. The zero-order valence-corrected chi connectivity index (χ0v) is 26.5. The van der Waals surface area contributed by atoms with E-state index in [2.05, 4.69) is 4.99 Å². The fraction of sp³-hybridized carbons (Fsp3) is 0.469. The molecule has 0 aromatic heterocycles. The van der Waals surface area contributed by atoms with Gasteiger partial charge in [0.05, 0.1) is 37.2 Å². The maximum Gasteiger partial charge on any atom is 0.347 e. The summed E-state index contributed by atoms with van der Waals surface area (Å²) in [6, 6.07) is 9.34. The molecule has 0 saturated carbocycles. The standard InChI is InChI=1S/C32H42N4O9/c1-31(2,3)44-25(37)17-22(29(40)45-32(4,5)6)21(27(33)38)15-18-9-7-10-23-26(18)42-14-8-13-41-24-16-19(36-30(34)35)11-12-20(24)28(39)43-23/h7,9-12,16,21-22H,8,13-15,17H2,1-6H3,(H2,33,38)(H4,34,35,36). The average Bonchev–Trinajstić information content (AvgIpc) is 2.91. The van der Waals surface area contributed by atoms with Gasteiger partial charge in [0, 0.05) is 12.5 Å². The maximum absolute atomic E-state index is 13.4. The lowest BCUT2D eigenvalue weighted by Gasteiger charge is -2.29. The molecule has 2 unspecified atom stereocenters.